The van der Waals surface area contributed by atoms with E-state index in [9.17, 15) is 4.79 Å². The van der Waals surface area contributed by atoms with E-state index in [0.717, 1.165) is 40.9 Å². The maximum Gasteiger partial charge on any atom is 0.261 e. The van der Waals surface area contributed by atoms with Gasteiger partial charge in [0.15, 0.2) is 0 Å². The van der Waals surface area contributed by atoms with Gasteiger partial charge in [0, 0.05) is 40.3 Å². The van der Waals surface area contributed by atoms with E-state index in [1.165, 1.54) is 0 Å². The molecule has 0 aliphatic carbocycles. The molecule has 0 bridgehead atoms. The van der Waals surface area contributed by atoms with Crippen molar-refractivity contribution in [1.29, 1.82) is 0 Å². The van der Waals surface area contributed by atoms with Gasteiger partial charge in [0.1, 0.15) is 11.6 Å². The van der Waals surface area contributed by atoms with Crippen molar-refractivity contribution in [2.24, 2.45) is 0 Å². The van der Waals surface area contributed by atoms with Crippen LogP contribution in [-0.4, -0.2) is 51.5 Å². The van der Waals surface area contributed by atoms with Gasteiger partial charge in [-0.15, -0.1) is 0 Å². The van der Waals surface area contributed by atoms with Crippen LogP contribution in [0.5, 0.6) is 0 Å². The van der Waals surface area contributed by atoms with Gasteiger partial charge in [-0.05, 0) is 45.8 Å². The highest BCUT2D eigenvalue weighted by molar-refractivity contribution is 9.10. The minimum absolute atomic E-state index is 0.309. The average molecular weight is 518 g/mol. The van der Waals surface area contributed by atoms with E-state index in [2.05, 4.69) is 41.0 Å². The second-order valence-electron chi connectivity index (χ2n) is 8.10. The fraction of sp³-hybridized carbons (Fsp3) is 0.167. The van der Waals surface area contributed by atoms with Gasteiger partial charge in [-0.1, -0.05) is 12.1 Å². The molecule has 0 amide bonds. The first-order valence-electron chi connectivity index (χ1n) is 10.8. The van der Waals surface area contributed by atoms with Gasteiger partial charge < -0.3 is 20.4 Å². The van der Waals surface area contributed by atoms with Gasteiger partial charge in [0.05, 0.1) is 41.5 Å². The molecule has 2 aromatic carbocycles. The summed E-state index contributed by atoms with van der Waals surface area (Å²) in [5, 5.41) is 8.36. The summed E-state index contributed by atoms with van der Waals surface area (Å²) in [4.78, 5) is 27.5. The average Bonchev–Trinajstić information content (AvgIpc) is 3.36. The molecule has 9 nitrogen and oxygen atoms in total. The number of rotatable bonds is 3. The molecule has 5 aromatic rings. The monoisotopic (exact) mass is 517 g/mol. The van der Waals surface area contributed by atoms with Crippen LogP contribution in [0, 0.1) is 0 Å². The molecule has 0 saturated carbocycles. The van der Waals surface area contributed by atoms with Crippen molar-refractivity contribution in [1.82, 2.24) is 25.1 Å². The summed E-state index contributed by atoms with van der Waals surface area (Å²) in [5.74, 6) is 1.31. The van der Waals surface area contributed by atoms with Crippen LogP contribution < -0.4 is 16.2 Å². The molecule has 170 valence electrons. The fourth-order valence-corrected chi connectivity index (χ4v) is 4.89. The minimum atomic E-state index is -0.309. The van der Waals surface area contributed by atoms with Crippen LogP contribution in [-0.2, 0) is 4.74 Å². The number of fused-ring (bicyclic) bond motifs is 2. The lowest BCUT2D eigenvalue weighted by molar-refractivity contribution is 0.122. The number of nitrogens with two attached hydrogens (primary N) is 1. The van der Waals surface area contributed by atoms with Gasteiger partial charge in [0.25, 0.3) is 5.56 Å². The fourth-order valence-electron chi connectivity index (χ4n) is 4.37. The third-order valence-corrected chi connectivity index (χ3v) is 6.71. The summed E-state index contributed by atoms with van der Waals surface area (Å²) in [6.45, 7) is 2.99. The van der Waals surface area contributed by atoms with Gasteiger partial charge in [-0.25, -0.2) is 9.97 Å². The molecule has 0 spiro atoms. The van der Waals surface area contributed by atoms with E-state index in [1.807, 2.05) is 36.4 Å². The first kappa shape index (κ1) is 20.8. The molecule has 1 saturated heterocycles. The quantitative estimate of drug-likeness (QED) is 0.311. The number of anilines is 2. The van der Waals surface area contributed by atoms with Crippen LogP contribution in [0.2, 0.25) is 0 Å². The van der Waals surface area contributed by atoms with Gasteiger partial charge in [0.2, 0.25) is 0 Å². The van der Waals surface area contributed by atoms with Crippen molar-refractivity contribution in [2.75, 3.05) is 36.9 Å². The number of benzene rings is 2. The van der Waals surface area contributed by atoms with Crippen LogP contribution in [0.15, 0.2) is 58.1 Å². The third-order valence-electron chi connectivity index (χ3n) is 6.11. The van der Waals surface area contributed by atoms with Crippen LogP contribution in [0.4, 0.5) is 11.5 Å². The maximum absolute atomic E-state index is 13.2. The van der Waals surface area contributed by atoms with E-state index in [-0.39, 0.29) is 5.56 Å². The Morgan fingerprint density at radius 1 is 1.09 bits per heavy atom. The van der Waals surface area contributed by atoms with Crippen molar-refractivity contribution >= 4 is 49.2 Å². The lowest BCUT2D eigenvalue weighted by Gasteiger charge is -2.27. The number of ether oxygens (including phenoxy) is 1. The first-order valence-corrected chi connectivity index (χ1v) is 11.6. The number of hydrogen-bond acceptors (Lipinski definition) is 7. The number of aromatic amines is 2. The SMILES string of the molecule is Nc1c(-c2cccc3[nH]ncc23)cc(Br)c2nc(-c3ccc(N4CCOCC4)nc3)[nH]c(=O)c12. The Balaban J connectivity index is 1.45. The number of aromatic nitrogens is 5. The standard InChI is InChI=1S/C24H20BrN7O2/c25-17-10-15(14-2-1-3-18-16(14)12-28-31-18)21(26)20-22(17)29-23(30-24(20)33)13-4-5-19(27-11-13)32-6-8-34-9-7-32/h1-5,10-12H,6-9,26H2,(H,28,31)(H,29,30,33). The topological polar surface area (TPSA) is 126 Å². The number of nitrogens with zero attached hydrogens (tertiary/aromatic N) is 4. The molecule has 4 heterocycles. The molecular weight excluding hydrogens is 498 g/mol. The number of pyridine rings is 1. The van der Waals surface area contributed by atoms with E-state index in [0.29, 0.717) is 45.7 Å². The maximum atomic E-state index is 13.2. The van der Waals surface area contributed by atoms with Crippen molar-refractivity contribution < 1.29 is 4.74 Å². The summed E-state index contributed by atoms with van der Waals surface area (Å²) in [5.41, 5.74) is 10.3. The molecule has 3 aromatic heterocycles. The normalized spacial score (nSPS) is 14.2. The molecule has 0 atom stereocenters. The van der Waals surface area contributed by atoms with E-state index < -0.39 is 0 Å². The second-order valence-corrected chi connectivity index (χ2v) is 8.95. The second kappa shape index (κ2) is 8.23. The minimum Gasteiger partial charge on any atom is -0.398 e. The summed E-state index contributed by atoms with van der Waals surface area (Å²) in [6.07, 6.45) is 3.47. The highest BCUT2D eigenvalue weighted by atomic mass is 79.9. The molecule has 1 fully saturated rings. The number of morpholine rings is 1. The highest BCUT2D eigenvalue weighted by Crippen LogP contribution is 2.38. The number of hydrogen-bond donors (Lipinski definition) is 3. The molecule has 34 heavy (non-hydrogen) atoms. The molecule has 4 N–H and O–H groups in total. The molecule has 1 aliphatic heterocycles. The van der Waals surface area contributed by atoms with Crippen molar-refractivity contribution in [2.45, 2.75) is 0 Å². The zero-order valence-electron chi connectivity index (χ0n) is 18.0. The summed E-state index contributed by atoms with van der Waals surface area (Å²) < 4.78 is 6.08. The van der Waals surface area contributed by atoms with Gasteiger partial charge >= 0.3 is 0 Å². The Bertz CT molecular complexity index is 1590. The summed E-state index contributed by atoms with van der Waals surface area (Å²) in [6, 6.07) is 11.6. The summed E-state index contributed by atoms with van der Waals surface area (Å²) >= 11 is 3.61. The predicted molar refractivity (Wildman–Crippen MR) is 136 cm³/mol. The molecular formula is C24H20BrN7O2. The molecule has 6 rings (SSSR count). The number of halogens is 1. The number of nitrogens with one attached hydrogen (secondary N) is 2. The number of H-pyrrole nitrogens is 2. The lowest BCUT2D eigenvalue weighted by atomic mass is 9.98. The van der Waals surface area contributed by atoms with Gasteiger partial charge in [-0.2, -0.15) is 5.10 Å². The molecule has 0 radical (unpaired) electrons. The Morgan fingerprint density at radius 3 is 2.74 bits per heavy atom. The predicted octanol–water partition coefficient (Wildman–Crippen LogP) is 3.71. The number of nitrogen functional groups attached to an aromatic ring is 1. The van der Waals surface area contributed by atoms with Crippen LogP contribution in [0.1, 0.15) is 0 Å². The Morgan fingerprint density at radius 2 is 1.94 bits per heavy atom. The largest absolute Gasteiger partial charge is 0.398 e. The van der Waals surface area contributed by atoms with Gasteiger partial charge in [-0.3, -0.25) is 9.89 Å². The van der Waals surface area contributed by atoms with E-state index >= 15 is 0 Å². The van der Waals surface area contributed by atoms with E-state index in [4.69, 9.17) is 15.5 Å². The zero-order chi connectivity index (χ0) is 23.2. The van der Waals surface area contributed by atoms with Crippen molar-refractivity contribution in [3.8, 4) is 22.5 Å². The first-order chi connectivity index (χ1) is 16.6. The molecule has 0 unspecified atom stereocenters. The summed E-state index contributed by atoms with van der Waals surface area (Å²) in [7, 11) is 0. The van der Waals surface area contributed by atoms with Crippen molar-refractivity contribution in [3.05, 3.63) is 63.6 Å². The third kappa shape index (κ3) is 3.42. The molecule has 1 aliphatic rings. The smallest absolute Gasteiger partial charge is 0.261 e. The Kier molecular flexibility index (Phi) is 5.04. The van der Waals surface area contributed by atoms with Crippen LogP contribution >= 0.6 is 15.9 Å². The van der Waals surface area contributed by atoms with Crippen molar-refractivity contribution in [3.63, 3.8) is 0 Å². The van der Waals surface area contributed by atoms with E-state index in [1.54, 1.807) is 12.4 Å². The van der Waals surface area contributed by atoms with Crippen LogP contribution in [0.3, 0.4) is 0 Å². The Hall–Kier alpha value is -3.76. The lowest BCUT2D eigenvalue weighted by Crippen LogP contribution is -2.36. The molecule has 10 heteroatoms. The highest BCUT2D eigenvalue weighted by Gasteiger charge is 2.18. The zero-order valence-corrected chi connectivity index (χ0v) is 19.6. The Labute approximate surface area is 202 Å². The van der Waals surface area contributed by atoms with Crippen LogP contribution in [0.25, 0.3) is 44.3 Å².